The van der Waals surface area contributed by atoms with E-state index in [2.05, 4.69) is 20.9 Å². The molecule has 0 spiro atoms. The Labute approximate surface area is 158 Å². The molecule has 0 saturated heterocycles. The second-order valence-electron chi connectivity index (χ2n) is 6.11. The van der Waals surface area contributed by atoms with Crippen molar-refractivity contribution in [2.45, 2.75) is 32.6 Å². The maximum Gasteiger partial charge on any atom is 0.255 e. The first-order valence-electron chi connectivity index (χ1n) is 8.90. The van der Waals surface area contributed by atoms with E-state index in [9.17, 15) is 14.4 Å². The number of anilines is 2. The largest absolute Gasteiger partial charge is 0.356 e. The molecular weight excluding hydrogens is 344 g/mol. The molecule has 3 N–H and O–H groups in total. The van der Waals surface area contributed by atoms with Gasteiger partial charge in [-0.2, -0.15) is 0 Å². The van der Waals surface area contributed by atoms with Gasteiger partial charge in [0.15, 0.2) is 0 Å². The lowest BCUT2D eigenvalue weighted by Gasteiger charge is -2.09. The number of hydrogen-bond acceptors (Lipinski definition) is 4. The van der Waals surface area contributed by atoms with Gasteiger partial charge in [0.25, 0.3) is 5.91 Å². The Hall–Kier alpha value is -3.22. The van der Waals surface area contributed by atoms with E-state index in [0.29, 0.717) is 29.9 Å². The quantitative estimate of drug-likeness (QED) is 0.592. The van der Waals surface area contributed by atoms with Crippen LogP contribution < -0.4 is 16.0 Å². The number of nitrogens with zero attached hydrogens (tertiary/aromatic N) is 1. The minimum absolute atomic E-state index is 0.0383. The van der Waals surface area contributed by atoms with E-state index in [0.717, 1.165) is 19.3 Å². The fourth-order valence-corrected chi connectivity index (χ4v) is 2.46. The van der Waals surface area contributed by atoms with Crippen molar-refractivity contribution >= 4 is 29.1 Å². The summed E-state index contributed by atoms with van der Waals surface area (Å²) in [5.41, 5.74) is 1.74. The van der Waals surface area contributed by atoms with Crippen LogP contribution in [0, 0.1) is 0 Å². The van der Waals surface area contributed by atoms with Crippen molar-refractivity contribution in [3.63, 3.8) is 0 Å². The summed E-state index contributed by atoms with van der Waals surface area (Å²) in [5, 5.41) is 8.36. The van der Waals surface area contributed by atoms with Crippen LogP contribution in [0.4, 0.5) is 11.4 Å². The van der Waals surface area contributed by atoms with Crippen LogP contribution in [-0.2, 0) is 9.59 Å². The maximum atomic E-state index is 12.2. The van der Waals surface area contributed by atoms with Crippen LogP contribution in [-0.4, -0.2) is 29.3 Å². The number of rotatable bonds is 9. The van der Waals surface area contributed by atoms with Crippen molar-refractivity contribution in [1.82, 2.24) is 10.3 Å². The number of carbonyl (C=O) groups excluding carboxylic acids is 3. The molecule has 0 radical (unpaired) electrons. The number of nitrogens with one attached hydrogen (secondary N) is 3. The van der Waals surface area contributed by atoms with Gasteiger partial charge in [-0.1, -0.05) is 12.5 Å². The van der Waals surface area contributed by atoms with Gasteiger partial charge >= 0.3 is 0 Å². The Morgan fingerprint density at radius 3 is 2.33 bits per heavy atom. The Morgan fingerprint density at radius 2 is 1.63 bits per heavy atom. The second kappa shape index (κ2) is 10.7. The number of pyridine rings is 1. The summed E-state index contributed by atoms with van der Waals surface area (Å²) in [6, 6.07) is 10.3. The first-order chi connectivity index (χ1) is 13.0. The zero-order chi connectivity index (χ0) is 19.5. The topological polar surface area (TPSA) is 100 Å². The SMILES string of the molecule is CC(=O)NCCCCCC(=O)Nc1cccc(NC(=O)c2ccncc2)c1. The zero-order valence-corrected chi connectivity index (χ0v) is 15.3. The third-order valence-electron chi connectivity index (χ3n) is 3.80. The molecule has 0 aliphatic heterocycles. The van der Waals surface area contributed by atoms with Crippen molar-refractivity contribution in [3.8, 4) is 0 Å². The van der Waals surface area contributed by atoms with Gasteiger partial charge < -0.3 is 16.0 Å². The summed E-state index contributed by atoms with van der Waals surface area (Å²) in [4.78, 5) is 38.8. The minimum Gasteiger partial charge on any atom is -0.356 e. The molecule has 2 aromatic rings. The van der Waals surface area contributed by atoms with E-state index in [4.69, 9.17) is 0 Å². The molecule has 2 rings (SSSR count). The average Bonchev–Trinajstić information content (AvgIpc) is 2.65. The molecule has 3 amide bonds. The smallest absolute Gasteiger partial charge is 0.255 e. The highest BCUT2D eigenvalue weighted by molar-refractivity contribution is 6.04. The predicted octanol–water partition coefficient (Wildman–Crippen LogP) is 2.97. The monoisotopic (exact) mass is 368 g/mol. The number of unbranched alkanes of at least 4 members (excludes halogenated alkanes) is 2. The lowest BCUT2D eigenvalue weighted by Crippen LogP contribution is -2.20. The van der Waals surface area contributed by atoms with Gasteiger partial charge in [0.1, 0.15) is 0 Å². The summed E-state index contributed by atoms with van der Waals surface area (Å²) in [6.45, 7) is 2.12. The molecule has 0 aliphatic carbocycles. The van der Waals surface area contributed by atoms with Crippen molar-refractivity contribution < 1.29 is 14.4 Å². The van der Waals surface area contributed by atoms with E-state index in [1.807, 2.05) is 0 Å². The molecular formula is C20H24N4O3. The summed E-state index contributed by atoms with van der Waals surface area (Å²) in [7, 11) is 0. The van der Waals surface area contributed by atoms with E-state index < -0.39 is 0 Å². The molecule has 142 valence electrons. The van der Waals surface area contributed by atoms with Gasteiger partial charge in [0, 0.05) is 49.2 Å². The second-order valence-corrected chi connectivity index (χ2v) is 6.11. The van der Waals surface area contributed by atoms with Crippen molar-refractivity contribution in [2.24, 2.45) is 0 Å². The molecule has 0 saturated carbocycles. The summed E-state index contributed by atoms with van der Waals surface area (Å²) >= 11 is 0. The van der Waals surface area contributed by atoms with E-state index in [-0.39, 0.29) is 17.7 Å². The van der Waals surface area contributed by atoms with Crippen molar-refractivity contribution in [2.75, 3.05) is 17.2 Å². The fourth-order valence-electron chi connectivity index (χ4n) is 2.46. The summed E-state index contributed by atoms with van der Waals surface area (Å²) in [6.07, 6.45) is 6.00. The predicted molar refractivity (Wildman–Crippen MR) is 104 cm³/mol. The fraction of sp³-hybridized carbons (Fsp3) is 0.300. The maximum absolute atomic E-state index is 12.2. The lowest BCUT2D eigenvalue weighted by molar-refractivity contribution is -0.119. The average molecular weight is 368 g/mol. The molecule has 7 nitrogen and oxygen atoms in total. The van der Waals surface area contributed by atoms with Crippen LogP contribution in [0.5, 0.6) is 0 Å². The van der Waals surface area contributed by atoms with Gasteiger partial charge in [-0.3, -0.25) is 19.4 Å². The Bertz CT molecular complexity index is 778. The molecule has 1 heterocycles. The first kappa shape index (κ1) is 20.1. The highest BCUT2D eigenvalue weighted by atomic mass is 16.2. The number of hydrogen-bond donors (Lipinski definition) is 3. The molecule has 0 bridgehead atoms. The summed E-state index contributed by atoms with van der Waals surface area (Å²) in [5.74, 6) is -0.351. The summed E-state index contributed by atoms with van der Waals surface area (Å²) < 4.78 is 0. The Kier molecular flexibility index (Phi) is 7.96. The minimum atomic E-state index is -0.236. The Morgan fingerprint density at radius 1 is 0.926 bits per heavy atom. The van der Waals surface area contributed by atoms with E-state index >= 15 is 0 Å². The van der Waals surface area contributed by atoms with Crippen LogP contribution >= 0.6 is 0 Å². The molecule has 1 aromatic carbocycles. The van der Waals surface area contributed by atoms with Crippen molar-refractivity contribution in [3.05, 3.63) is 54.4 Å². The first-order valence-corrected chi connectivity index (χ1v) is 8.90. The van der Waals surface area contributed by atoms with Crippen LogP contribution in [0.15, 0.2) is 48.8 Å². The third kappa shape index (κ3) is 7.68. The van der Waals surface area contributed by atoms with Gasteiger partial charge in [-0.15, -0.1) is 0 Å². The molecule has 27 heavy (non-hydrogen) atoms. The highest BCUT2D eigenvalue weighted by Crippen LogP contribution is 2.16. The number of carbonyl (C=O) groups is 3. The van der Waals surface area contributed by atoms with Crippen LogP contribution in [0.2, 0.25) is 0 Å². The molecule has 0 aliphatic rings. The van der Waals surface area contributed by atoms with Gasteiger partial charge in [0.05, 0.1) is 0 Å². The number of amides is 3. The van der Waals surface area contributed by atoms with Crippen LogP contribution in [0.1, 0.15) is 43.0 Å². The molecule has 7 heteroatoms. The normalized spacial score (nSPS) is 10.1. The molecule has 1 aromatic heterocycles. The van der Waals surface area contributed by atoms with E-state index in [1.165, 1.54) is 6.92 Å². The van der Waals surface area contributed by atoms with Gasteiger partial charge in [-0.25, -0.2) is 0 Å². The Balaban J connectivity index is 1.77. The molecule has 0 atom stereocenters. The van der Waals surface area contributed by atoms with Gasteiger partial charge in [-0.05, 0) is 43.2 Å². The number of aromatic nitrogens is 1. The van der Waals surface area contributed by atoms with E-state index in [1.54, 1.807) is 48.8 Å². The highest BCUT2D eigenvalue weighted by Gasteiger charge is 2.07. The molecule has 0 unspecified atom stereocenters. The van der Waals surface area contributed by atoms with Crippen LogP contribution in [0.3, 0.4) is 0 Å². The third-order valence-corrected chi connectivity index (χ3v) is 3.80. The standard InChI is InChI=1S/C20H24N4O3/c1-15(25)22-11-4-2-3-8-19(26)23-17-6-5-7-18(14-17)24-20(27)16-9-12-21-13-10-16/h5-7,9-10,12-14H,2-4,8,11H2,1H3,(H,22,25)(H,23,26)(H,24,27). The van der Waals surface area contributed by atoms with Crippen molar-refractivity contribution in [1.29, 1.82) is 0 Å². The lowest BCUT2D eigenvalue weighted by atomic mass is 10.2. The molecule has 0 fully saturated rings. The van der Waals surface area contributed by atoms with Crippen LogP contribution in [0.25, 0.3) is 0 Å². The zero-order valence-electron chi connectivity index (χ0n) is 15.3. The van der Waals surface area contributed by atoms with Gasteiger partial charge in [0.2, 0.25) is 11.8 Å². The number of benzene rings is 1.